The Bertz CT molecular complexity index is 893. The zero-order valence-electron chi connectivity index (χ0n) is 15.2. The number of carbonyl (C=O) groups excluding carboxylic acids is 1. The highest BCUT2D eigenvalue weighted by molar-refractivity contribution is 7.14. The Balaban J connectivity index is 1.60. The molecule has 2 amide bonds. The summed E-state index contributed by atoms with van der Waals surface area (Å²) in [6.45, 7) is 2.77. The largest absolute Gasteiger partial charge is 0.497 e. The van der Waals surface area contributed by atoms with Crippen LogP contribution in [0, 0.1) is 0 Å². The summed E-state index contributed by atoms with van der Waals surface area (Å²) in [7, 11) is 1.58. The van der Waals surface area contributed by atoms with Crippen molar-refractivity contribution in [3.8, 4) is 22.8 Å². The van der Waals surface area contributed by atoms with Crippen molar-refractivity contribution in [3.63, 3.8) is 0 Å². The summed E-state index contributed by atoms with van der Waals surface area (Å²) in [6.07, 6.45) is 0.973. The number of carbonyl (C=O) groups is 1. The number of amides is 2. The lowest BCUT2D eigenvalue weighted by Gasteiger charge is -2.07. The Kier molecular flexibility index (Phi) is 6.27. The monoisotopic (exact) mass is 383 g/mol. The van der Waals surface area contributed by atoms with Crippen molar-refractivity contribution in [1.82, 2.24) is 4.98 Å². The lowest BCUT2D eigenvalue weighted by molar-refractivity contribution is 0.262. The Morgan fingerprint density at radius 1 is 1.11 bits per heavy atom. The topological polar surface area (TPSA) is 72.5 Å². The van der Waals surface area contributed by atoms with E-state index in [1.165, 1.54) is 11.3 Å². The highest BCUT2D eigenvalue weighted by Gasteiger charge is 2.09. The van der Waals surface area contributed by atoms with Crippen molar-refractivity contribution in [1.29, 1.82) is 0 Å². The lowest BCUT2D eigenvalue weighted by atomic mass is 10.2. The number of ether oxygens (including phenoxy) is 2. The summed E-state index contributed by atoms with van der Waals surface area (Å²) in [5.74, 6) is 1.52. The molecule has 27 heavy (non-hydrogen) atoms. The number of hydrogen-bond acceptors (Lipinski definition) is 5. The van der Waals surface area contributed by atoms with Gasteiger partial charge in [0.15, 0.2) is 5.13 Å². The van der Waals surface area contributed by atoms with E-state index in [0.29, 0.717) is 23.2 Å². The van der Waals surface area contributed by atoms with E-state index in [1.54, 1.807) is 19.2 Å². The number of urea groups is 1. The molecule has 0 radical (unpaired) electrons. The molecule has 1 aromatic heterocycles. The predicted octanol–water partition coefficient (Wildman–Crippen LogP) is 5.25. The molecular weight excluding hydrogens is 362 g/mol. The molecule has 2 aromatic carbocycles. The Morgan fingerprint density at radius 2 is 1.93 bits per heavy atom. The van der Waals surface area contributed by atoms with Crippen molar-refractivity contribution < 1.29 is 14.3 Å². The van der Waals surface area contributed by atoms with Crippen molar-refractivity contribution in [2.24, 2.45) is 0 Å². The molecule has 2 N–H and O–H groups in total. The van der Waals surface area contributed by atoms with Gasteiger partial charge in [0.05, 0.1) is 19.4 Å². The van der Waals surface area contributed by atoms with Crippen molar-refractivity contribution in [2.75, 3.05) is 24.4 Å². The van der Waals surface area contributed by atoms with Crippen LogP contribution in [-0.2, 0) is 0 Å². The molecule has 3 aromatic rings. The van der Waals surface area contributed by atoms with Crippen LogP contribution in [0.3, 0.4) is 0 Å². The van der Waals surface area contributed by atoms with E-state index >= 15 is 0 Å². The fraction of sp³-hybridized carbons (Fsp3) is 0.200. The molecule has 0 spiro atoms. The fourth-order valence-electron chi connectivity index (χ4n) is 2.37. The number of methoxy groups -OCH3 is 1. The number of nitrogens with one attached hydrogen (secondary N) is 2. The minimum Gasteiger partial charge on any atom is -0.497 e. The summed E-state index contributed by atoms with van der Waals surface area (Å²) >= 11 is 1.37. The van der Waals surface area contributed by atoms with Gasteiger partial charge in [0.1, 0.15) is 11.5 Å². The Hall–Kier alpha value is -3.06. The van der Waals surface area contributed by atoms with E-state index < -0.39 is 0 Å². The molecule has 0 saturated carbocycles. The number of hydrogen-bond donors (Lipinski definition) is 2. The number of nitrogens with zero attached hydrogens (tertiary/aromatic N) is 1. The minimum atomic E-state index is -0.354. The van der Waals surface area contributed by atoms with Crippen LogP contribution in [0.15, 0.2) is 53.9 Å². The van der Waals surface area contributed by atoms with Gasteiger partial charge in [-0.3, -0.25) is 5.32 Å². The summed E-state index contributed by atoms with van der Waals surface area (Å²) < 4.78 is 10.7. The lowest BCUT2D eigenvalue weighted by Crippen LogP contribution is -2.19. The van der Waals surface area contributed by atoms with Gasteiger partial charge >= 0.3 is 6.03 Å². The molecule has 6 nitrogen and oxygen atoms in total. The second-order valence-electron chi connectivity index (χ2n) is 5.72. The smallest absolute Gasteiger partial charge is 0.325 e. The van der Waals surface area contributed by atoms with E-state index in [2.05, 4.69) is 22.5 Å². The molecule has 140 valence electrons. The van der Waals surface area contributed by atoms with Crippen LogP contribution in [-0.4, -0.2) is 24.7 Å². The summed E-state index contributed by atoms with van der Waals surface area (Å²) in [5, 5.41) is 7.94. The third-order valence-electron chi connectivity index (χ3n) is 3.68. The van der Waals surface area contributed by atoms with Crippen LogP contribution in [0.25, 0.3) is 11.3 Å². The van der Waals surface area contributed by atoms with Gasteiger partial charge in [-0.15, -0.1) is 11.3 Å². The first kappa shape index (κ1) is 18.7. The number of anilines is 2. The maximum atomic E-state index is 12.2. The van der Waals surface area contributed by atoms with E-state index in [9.17, 15) is 4.79 Å². The fourth-order valence-corrected chi connectivity index (χ4v) is 3.08. The normalized spacial score (nSPS) is 10.3. The third-order valence-corrected chi connectivity index (χ3v) is 4.43. The second-order valence-corrected chi connectivity index (χ2v) is 6.58. The highest BCUT2D eigenvalue weighted by atomic mass is 32.1. The Labute approximate surface area is 162 Å². The Morgan fingerprint density at radius 3 is 2.67 bits per heavy atom. The standard InChI is InChI=1S/C20H21N3O3S/c1-3-11-26-16-9-7-14(8-10-16)18-13-27-20(22-18)23-19(24)21-15-5-4-6-17(12-15)25-2/h4-10,12-13H,3,11H2,1-2H3,(H2,21,22,23,24). The predicted molar refractivity (Wildman–Crippen MR) is 109 cm³/mol. The molecule has 0 fully saturated rings. The molecule has 0 aliphatic carbocycles. The molecule has 0 saturated heterocycles. The third kappa shape index (κ3) is 5.21. The maximum absolute atomic E-state index is 12.2. The first-order chi connectivity index (χ1) is 13.2. The average molecular weight is 383 g/mol. The van der Waals surface area contributed by atoms with Gasteiger partial charge in [0, 0.05) is 22.7 Å². The number of benzene rings is 2. The summed E-state index contributed by atoms with van der Waals surface area (Å²) in [4.78, 5) is 16.6. The second kappa shape index (κ2) is 9.05. The van der Waals surface area contributed by atoms with Crippen molar-refractivity contribution in [3.05, 3.63) is 53.9 Å². The quantitative estimate of drug-likeness (QED) is 0.584. The van der Waals surface area contributed by atoms with E-state index in [-0.39, 0.29) is 6.03 Å². The van der Waals surface area contributed by atoms with Crippen LogP contribution in [0.1, 0.15) is 13.3 Å². The molecule has 0 bridgehead atoms. The first-order valence-electron chi connectivity index (χ1n) is 8.58. The first-order valence-corrected chi connectivity index (χ1v) is 9.46. The van der Waals surface area contributed by atoms with Crippen LogP contribution >= 0.6 is 11.3 Å². The SMILES string of the molecule is CCCOc1ccc(-c2csc(NC(=O)Nc3cccc(OC)c3)n2)cc1. The minimum absolute atomic E-state index is 0.354. The van der Waals surface area contributed by atoms with Gasteiger partial charge < -0.3 is 14.8 Å². The molecule has 0 atom stereocenters. The van der Waals surface area contributed by atoms with Gasteiger partial charge in [-0.1, -0.05) is 13.0 Å². The summed E-state index contributed by atoms with van der Waals surface area (Å²) in [6, 6.07) is 14.6. The van der Waals surface area contributed by atoms with Crippen molar-refractivity contribution >= 4 is 28.2 Å². The number of aromatic nitrogens is 1. The molecule has 1 heterocycles. The summed E-state index contributed by atoms with van der Waals surface area (Å²) in [5.41, 5.74) is 2.42. The molecule has 0 aliphatic heterocycles. The molecule has 3 rings (SSSR count). The molecule has 7 heteroatoms. The molecule has 0 aliphatic rings. The van der Waals surface area contributed by atoms with Crippen LogP contribution in [0.2, 0.25) is 0 Å². The molecule has 0 unspecified atom stereocenters. The van der Waals surface area contributed by atoms with Crippen LogP contribution in [0.4, 0.5) is 15.6 Å². The zero-order chi connectivity index (χ0) is 19.1. The van der Waals surface area contributed by atoms with Gasteiger partial charge in [0.25, 0.3) is 0 Å². The zero-order valence-corrected chi connectivity index (χ0v) is 16.0. The average Bonchev–Trinajstić information content (AvgIpc) is 3.15. The van der Waals surface area contributed by atoms with E-state index in [0.717, 1.165) is 23.4 Å². The highest BCUT2D eigenvalue weighted by Crippen LogP contribution is 2.27. The van der Waals surface area contributed by atoms with Gasteiger partial charge in [0.2, 0.25) is 0 Å². The van der Waals surface area contributed by atoms with Crippen LogP contribution < -0.4 is 20.1 Å². The van der Waals surface area contributed by atoms with E-state index in [1.807, 2.05) is 41.8 Å². The van der Waals surface area contributed by atoms with E-state index in [4.69, 9.17) is 9.47 Å². The molecular formula is C20H21N3O3S. The maximum Gasteiger partial charge on any atom is 0.325 e. The van der Waals surface area contributed by atoms with Gasteiger partial charge in [-0.25, -0.2) is 9.78 Å². The number of thiazole rings is 1. The van der Waals surface area contributed by atoms with Crippen molar-refractivity contribution in [2.45, 2.75) is 13.3 Å². The number of rotatable bonds is 7. The van der Waals surface area contributed by atoms with Gasteiger partial charge in [-0.2, -0.15) is 0 Å². The van der Waals surface area contributed by atoms with Crippen LogP contribution in [0.5, 0.6) is 11.5 Å². The van der Waals surface area contributed by atoms with Gasteiger partial charge in [-0.05, 0) is 42.8 Å².